The highest BCUT2D eigenvalue weighted by Gasteiger charge is 2.38. The molecule has 0 aliphatic heterocycles. The van der Waals surface area contributed by atoms with Gasteiger partial charge in [-0.2, -0.15) is 0 Å². The summed E-state index contributed by atoms with van der Waals surface area (Å²) in [5, 5.41) is 0. The van der Waals surface area contributed by atoms with Gasteiger partial charge < -0.3 is 4.74 Å². The highest BCUT2D eigenvalue weighted by Crippen LogP contribution is 2.46. The third-order valence-electron chi connectivity index (χ3n) is 5.07. The van der Waals surface area contributed by atoms with Crippen LogP contribution in [0.3, 0.4) is 0 Å². The zero-order chi connectivity index (χ0) is 14.1. The number of methoxy groups -OCH3 is 1. The first-order valence-electron chi connectivity index (χ1n) is 7.79. The third-order valence-corrected chi connectivity index (χ3v) is 5.07. The van der Waals surface area contributed by atoms with E-state index in [0.717, 1.165) is 24.1 Å². The van der Waals surface area contributed by atoms with Crippen LogP contribution in [0.1, 0.15) is 31.7 Å². The Morgan fingerprint density at radius 2 is 2.15 bits per heavy atom. The Balaban J connectivity index is 1.99. The topological polar surface area (TPSA) is 12.5 Å². The molecule has 1 fully saturated rings. The lowest BCUT2D eigenvalue weighted by Gasteiger charge is -2.37. The van der Waals surface area contributed by atoms with E-state index in [1.54, 1.807) is 7.11 Å². The number of benzene rings is 1. The maximum atomic E-state index is 5.40. The Bertz CT molecular complexity index is 508. The number of fused-ring (bicyclic) bond motifs is 2. The van der Waals surface area contributed by atoms with Crippen LogP contribution in [0, 0.1) is 11.8 Å². The summed E-state index contributed by atoms with van der Waals surface area (Å²) in [5.74, 6) is 2.58. The Kier molecular flexibility index (Phi) is 3.84. The number of nitrogens with zero attached hydrogens (tertiary/aromatic N) is 1. The average Bonchev–Trinajstić information content (AvgIpc) is 2.88. The van der Waals surface area contributed by atoms with Crippen LogP contribution >= 0.6 is 0 Å². The second-order valence-electron chi connectivity index (χ2n) is 6.21. The van der Waals surface area contributed by atoms with Crippen LogP contribution in [0.4, 0.5) is 0 Å². The van der Waals surface area contributed by atoms with Crippen LogP contribution in [-0.4, -0.2) is 31.6 Å². The molecule has 3 rings (SSSR count). The number of likely N-dealkylation sites (N-methyl/N-ethyl adjacent to an activating group) is 1. The molecule has 2 aliphatic carbocycles. The molecule has 20 heavy (non-hydrogen) atoms. The first kappa shape index (κ1) is 13.7. The normalized spacial score (nSPS) is 28.6. The summed E-state index contributed by atoms with van der Waals surface area (Å²) in [6.45, 7) is 3.36. The lowest BCUT2D eigenvalue weighted by atomic mass is 9.81. The molecular formula is C18H25NO. The molecule has 2 heteroatoms. The van der Waals surface area contributed by atoms with Crippen LogP contribution in [0.25, 0.3) is 5.57 Å². The van der Waals surface area contributed by atoms with Crippen LogP contribution in [0.5, 0.6) is 5.75 Å². The minimum Gasteiger partial charge on any atom is -0.497 e. The van der Waals surface area contributed by atoms with E-state index in [-0.39, 0.29) is 0 Å². The van der Waals surface area contributed by atoms with E-state index in [4.69, 9.17) is 4.74 Å². The van der Waals surface area contributed by atoms with Crippen LogP contribution < -0.4 is 4.74 Å². The second-order valence-corrected chi connectivity index (χ2v) is 6.21. The summed E-state index contributed by atoms with van der Waals surface area (Å²) in [7, 11) is 4.00. The molecule has 1 saturated carbocycles. The van der Waals surface area contributed by atoms with Crippen molar-refractivity contribution < 1.29 is 4.74 Å². The second kappa shape index (κ2) is 5.61. The van der Waals surface area contributed by atoms with Crippen molar-refractivity contribution in [2.75, 3.05) is 20.7 Å². The van der Waals surface area contributed by atoms with Gasteiger partial charge in [0.2, 0.25) is 0 Å². The van der Waals surface area contributed by atoms with Gasteiger partial charge in [-0.1, -0.05) is 25.1 Å². The van der Waals surface area contributed by atoms with Gasteiger partial charge in [0.05, 0.1) is 7.11 Å². The molecule has 2 aliphatic rings. The molecule has 0 amide bonds. The molecule has 2 bridgehead atoms. The lowest BCUT2D eigenvalue weighted by Crippen LogP contribution is -2.39. The van der Waals surface area contributed by atoms with Gasteiger partial charge in [0, 0.05) is 6.04 Å². The Labute approximate surface area is 122 Å². The molecule has 3 atom stereocenters. The molecule has 2 unspecified atom stereocenters. The van der Waals surface area contributed by atoms with Crippen molar-refractivity contribution in [2.45, 2.75) is 32.2 Å². The van der Waals surface area contributed by atoms with E-state index >= 15 is 0 Å². The van der Waals surface area contributed by atoms with E-state index in [2.05, 4.69) is 43.1 Å². The molecular weight excluding hydrogens is 246 g/mol. The predicted molar refractivity (Wildman–Crippen MR) is 83.9 cm³/mol. The molecule has 0 N–H and O–H groups in total. The van der Waals surface area contributed by atoms with Gasteiger partial charge in [-0.3, -0.25) is 4.90 Å². The number of hydrogen-bond donors (Lipinski definition) is 0. The average molecular weight is 271 g/mol. The van der Waals surface area contributed by atoms with Crippen molar-refractivity contribution in [1.82, 2.24) is 4.90 Å². The van der Waals surface area contributed by atoms with Gasteiger partial charge in [-0.25, -0.2) is 0 Å². The summed E-state index contributed by atoms with van der Waals surface area (Å²) in [4.78, 5) is 2.51. The third kappa shape index (κ3) is 2.37. The number of ether oxygens (including phenoxy) is 1. The molecule has 1 aromatic rings. The SMILES string of the molecule is CCN(C)[C@@H]1C(c2cccc(OC)c2)=CC2CCC1C2. The number of rotatable bonds is 4. The molecule has 0 heterocycles. The van der Waals surface area contributed by atoms with E-state index < -0.39 is 0 Å². The zero-order valence-corrected chi connectivity index (χ0v) is 12.8. The molecule has 0 radical (unpaired) electrons. The summed E-state index contributed by atoms with van der Waals surface area (Å²) < 4.78 is 5.40. The predicted octanol–water partition coefficient (Wildman–Crippen LogP) is 3.83. The number of allylic oxidation sites excluding steroid dienone is 1. The molecule has 2 nitrogen and oxygen atoms in total. The van der Waals surface area contributed by atoms with Gasteiger partial charge in [0.15, 0.2) is 0 Å². The highest BCUT2D eigenvalue weighted by molar-refractivity contribution is 5.72. The minimum atomic E-state index is 0.575. The largest absolute Gasteiger partial charge is 0.497 e. The Hall–Kier alpha value is -1.28. The molecule has 0 spiro atoms. The monoisotopic (exact) mass is 271 g/mol. The first-order chi connectivity index (χ1) is 9.72. The van der Waals surface area contributed by atoms with Crippen molar-refractivity contribution in [3.05, 3.63) is 35.9 Å². The van der Waals surface area contributed by atoms with Crippen molar-refractivity contribution in [3.63, 3.8) is 0 Å². The van der Waals surface area contributed by atoms with Gasteiger partial charge in [0.1, 0.15) is 5.75 Å². The molecule has 108 valence electrons. The van der Waals surface area contributed by atoms with E-state index in [1.165, 1.54) is 30.4 Å². The van der Waals surface area contributed by atoms with Crippen LogP contribution in [0.15, 0.2) is 30.3 Å². The van der Waals surface area contributed by atoms with Gasteiger partial charge >= 0.3 is 0 Å². The fourth-order valence-corrected chi connectivity index (χ4v) is 3.96. The van der Waals surface area contributed by atoms with Crippen molar-refractivity contribution in [1.29, 1.82) is 0 Å². The summed E-state index contributed by atoms with van der Waals surface area (Å²) >= 11 is 0. The van der Waals surface area contributed by atoms with Crippen molar-refractivity contribution in [3.8, 4) is 5.75 Å². The quantitative estimate of drug-likeness (QED) is 0.825. The fraction of sp³-hybridized carbons (Fsp3) is 0.556. The molecule has 0 saturated heterocycles. The first-order valence-corrected chi connectivity index (χ1v) is 7.79. The van der Waals surface area contributed by atoms with Gasteiger partial charge in [-0.05, 0) is 68.0 Å². The van der Waals surface area contributed by atoms with Crippen LogP contribution in [-0.2, 0) is 0 Å². The zero-order valence-electron chi connectivity index (χ0n) is 12.8. The van der Waals surface area contributed by atoms with E-state index in [9.17, 15) is 0 Å². The van der Waals surface area contributed by atoms with Crippen molar-refractivity contribution >= 4 is 5.57 Å². The molecule has 1 aromatic carbocycles. The standard InChI is InChI=1S/C18H25NO/c1-4-19(2)18-15-9-8-13(10-15)11-17(18)14-6-5-7-16(12-14)20-3/h5-7,11-13,15,18H,4,8-10H2,1-3H3/t13?,15?,18-/m0/s1. The summed E-state index contributed by atoms with van der Waals surface area (Å²) in [5.41, 5.74) is 2.86. The number of hydrogen-bond acceptors (Lipinski definition) is 2. The van der Waals surface area contributed by atoms with E-state index in [1.807, 2.05) is 6.07 Å². The summed E-state index contributed by atoms with van der Waals surface area (Å²) in [6, 6.07) is 9.13. The summed E-state index contributed by atoms with van der Waals surface area (Å²) in [6.07, 6.45) is 6.66. The maximum Gasteiger partial charge on any atom is 0.119 e. The van der Waals surface area contributed by atoms with Crippen LogP contribution in [0.2, 0.25) is 0 Å². The minimum absolute atomic E-state index is 0.575. The lowest BCUT2D eigenvalue weighted by molar-refractivity contribution is 0.226. The fourth-order valence-electron chi connectivity index (χ4n) is 3.96. The maximum absolute atomic E-state index is 5.40. The smallest absolute Gasteiger partial charge is 0.119 e. The van der Waals surface area contributed by atoms with Crippen molar-refractivity contribution in [2.24, 2.45) is 11.8 Å². The molecule has 0 aromatic heterocycles. The highest BCUT2D eigenvalue weighted by atomic mass is 16.5. The van der Waals surface area contributed by atoms with E-state index in [0.29, 0.717) is 6.04 Å². The van der Waals surface area contributed by atoms with Gasteiger partial charge in [0.25, 0.3) is 0 Å². The Morgan fingerprint density at radius 1 is 1.30 bits per heavy atom. The Morgan fingerprint density at radius 3 is 2.90 bits per heavy atom. The van der Waals surface area contributed by atoms with Gasteiger partial charge in [-0.15, -0.1) is 0 Å².